The van der Waals surface area contributed by atoms with E-state index in [-0.39, 0.29) is 0 Å². The second-order valence-corrected chi connectivity index (χ2v) is 16.1. The summed E-state index contributed by atoms with van der Waals surface area (Å²) >= 11 is 3.56. The van der Waals surface area contributed by atoms with E-state index in [0.717, 1.165) is 71.1 Å². The smallest absolute Gasteiger partial charge is 0.164 e. The minimum absolute atomic E-state index is 0.582. The van der Waals surface area contributed by atoms with Crippen molar-refractivity contribution in [2.24, 2.45) is 0 Å². The van der Waals surface area contributed by atoms with Crippen LogP contribution in [0.3, 0.4) is 0 Å². The van der Waals surface area contributed by atoms with Crippen LogP contribution < -0.4 is 0 Å². The molecule has 12 rings (SSSR count). The molecule has 0 saturated heterocycles. The summed E-state index contributed by atoms with van der Waals surface area (Å²) in [5, 5.41) is 5.58. The first-order valence-corrected chi connectivity index (χ1v) is 20.3. The van der Waals surface area contributed by atoms with Crippen LogP contribution in [0.25, 0.3) is 119 Å². The largest absolute Gasteiger partial charge is 0.456 e. The van der Waals surface area contributed by atoms with Crippen molar-refractivity contribution in [2.75, 3.05) is 0 Å². The fourth-order valence-electron chi connectivity index (χ4n) is 7.87. The molecular formula is C49H27N5OS2. The van der Waals surface area contributed by atoms with Crippen LogP contribution in [-0.4, -0.2) is 24.9 Å². The van der Waals surface area contributed by atoms with Crippen molar-refractivity contribution in [2.45, 2.75) is 0 Å². The number of hydrogen-bond donors (Lipinski definition) is 0. The van der Waals surface area contributed by atoms with Crippen molar-refractivity contribution >= 4 is 85.1 Å². The molecule has 0 amide bonds. The Hall–Kier alpha value is -7.13. The molecule has 0 fully saturated rings. The first kappa shape index (κ1) is 32.1. The van der Waals surface area contributed by atoms with E-state index < -0.39 is 0 Å². The van der Waals surface area contributed by atoms with Gasteiger partial charge in [0, 0.05) is 68.8 Å². The molecule has 266 valence electrons. The lowest BCUT2D eigenvalue weighted by Crippen LogP contribution is -2.00. The van der Waals surface area contributed by atoms with Gasteiger partial charge in [-0.2, -0.15) is 0 Å². The molecule has 0 saturated carbocycles. The van der Waals surface area contributed by atoms with Gasteiger partial charge in [-0.25, -0.2) is 24.9 Å². The highest BCUT2D eigenvalue weighted by Gasteiger charge is 2.21. The molecule has 57 heavy (non-hydrogen) atoms. The lowest BCUT2D eigenvalue weighted by atomic mass is 10.0. The van der Waals surface area contributed by atoms with E-state index in [4.69, 9.17) is 29.3 Å². The third kappa shape index (κ3) is 5.26. The van der Waals surface area contributed by atoms with Crippen molar-refractivity contribution < 1.29 is 4.42 Å². The zero-order valence-corrected chi connectivity index (χ0v) is 31.7. The summed E-state index contributed by atoms with van der Waals surface area (Å²) in [6, 6.07) is 56.2. The van der Waals surface area contributed by atoms with E-state index in [1.54, 1.807) is 11.3 Å². The fraction of sp³-hybridized carbons (Fsp3) is 0. The highest BCUT2D eigenvalue weighted by Crippen LogP contribution is 2.43. The van der Waals surface area contributed by atoms with E-state index in [0.29, 0.717) is 23.3 Å². The molecule has 0 radical (unpaired) electrons. The summed E-state index contributed by atoms with van der Waals surface area (Å²) in [6.45, 7) is 0. The van der Waals surface area contributed by atoms with Crippen molar-refractivity contribution in [1.82, 2.24) is 24.9 Å². The molecule has 0 N–H and O–H groups in total. The molecular weight excluding hydrogens is 739 g/mol. The van der Waals surface area contributed by atoms with Gasteiger partial charge >= 0.3 is 0 Å². The summed E-state index contributed by atoms with van der Waals surface area (Å²) < 4.78 is 11.4. The molecule has 0 aliphatic rings. The molecule has 0 aliphatic carbocycles. The minimum atomic E-state index is 0.582. The topological polar surface area (TPSA) is 77.6 Å². The van der Waals surface area contributed by atoms with Crippen LogP contribution in [0.2, 0.25) is 0 Å². The van der Waals surface area contributed by atoms with Crippen LogP contribution >= 0.6 is 22.7 Å². The molecule has 0 aliphatic heterocycles. The molecule has 0 unspecified atom stereocenters. The van der Waals surface area contributed by atoms with Crippen molar-refractivity contribution in [3.05, 3.63) is 164 Å². The van der Waals surface area contributed by atoms with Gasteiger partial charge in [-0.05, 0) is 36.4 Å². The maximum Gasteiger partial charge on any atom is 0.164 e. The zero-order chi connectivity index (χ0) is 37.5. The van der Waals surface area contributed by atoms with Crippen molar-refractivity contribution in [3.8, 4) is 56.8 Å². The Bertz CT molecular complexity index is 3480. The summed E-state index contributed by atoms with van der Waals surface area (Å²) in [5.74, 6) is 2.46. The van der Waals surface area contributed by atoms with E-state index in [9.17, 15) is 0 Å². The number of benzene rings is 7. The number of aromatic nitrogens is 5. The average molecular weight is 766 g/mol. The summed E-state index contributed by atoms with van der Waals surface area (Å²) in [4.78, 5) is 25.6. The molecule has 0 spiro atoms. The third-order valence-electron chi connectivity index (χ3n) is 10.6. The lowest BCUT2D eigenvalue weighted by Gasteiger charge is -2.09. The number of nitrogens with zero attached hydrogens (tertiary/aromatic N) is 5. The Morgan fingerprint density at radius 2 is 0.982 bits per heavy atom. The van der Waals surface area contributed by atoms with E-state index >= 15 is 0 Å². The number of rotatable bonds is 5. The van der Waals surface area contributed by atoms with Crippen LogP contribution in [0.5, 0.6) is 0 Å². The van der Waals surface area contributed by atoms with Gasteiger partial charge in [0.2, 0.25) is 0 Å². The third-order valence-corrected chi connectivity index (χ3v) is 12.9. The van der Waals surface area contributed by atoms with Crippen molar-refractivity contribution in [1.29, 1.82) is 0 Å². The maximum absolute atomic E-state index is 6.62. The Labute approximate surface area is 333 Å². The van der Waals surface area contributed by atoms with Gasteiger partial charge in [-0.3, -0.25) is 0 Å². The summed E-state index contributed by atoms with van der Waals surface area (Å²) in [5.41, 5.74) is 8.04. The molecule has 7 aromatic carbocycles. The van der Waals surface area contributed by atoms with Crippen LogP contribution in [0.15, 0.2) is 168 Å². The Morgan fingerprint density at radius 3 is 1.75 bits per heavy atom. The number of thiophene rings is 2. The van der Waals surface area contributed by atoms with Crippen molar-refractivity contribution in [3.63, 3.8) is 0 Å². The van der Waals surface area contributed by atoms with Gasteiger partial charge in [0.1, 0.15) is 11.2 Å². The monoisotopic (exact) mass is 765 g/mol. The predicted molar refractivity (Wildman–Crippen MR) is 236 cm³/mol. The Morgan fingerprint density at radius 1 is 0.368 bits per heavy atom. The number of fused-ring (bicyclic) bond motifs is 9. The van der Waals surface area contributed by atoms with E-state index in [1.165, 1.54) is 24.9 Å². The first-order chi connectivity index (χ1) is 28.2. The lowest BCUT2D eigenvalue weighted by molar-refractivity contribution is 0.669. The van der Waals surface area contributed by atoms with Crippen LogP contribution in [0, 0.1) is 0 Å². The van der Waals surface area contributed by atoms with Crippen LogP contribution in [-0.2, 0) is 0 Å². The molecule has 5 heterocycles. The summed E-state index contributed by atoms with van der Waals surface area (Å²) in [6.07, 6.45) is 0. The highest BCUT2D eigenvalue weighted by atomic mass is 32.1. The highest BCUT2D eigenvalue weighted by molar-refractivity contribution is 7.26. The minimum Gasteiger partial charge on any atom is -0.456 e. The molecule has 0 atom stereocenters. The second kappa shape index (κ2) is 12.7. The average Bonchev–Trinajstić information content (AvgIpc) is 3.97. The second-order valence-electron chi connectivity index (χ2n) is 14.0. The van der Waals surface area contributed by atoms with Crippen LogP contribution in [0.1, 0.15) is 0 Å². The van der Waals surface area contributed by atoms with Crippen LogP contribution in [0.4, 0.5) is 0 Å². The van der Waals surface area contributed by atoms with Gasteiger partial charge in [0.25, 0.3) is 0 Å². The van der Waals surface area contributed by atoms with E-state index in [2.05, 4.69) is 91.0 Å². The fourth-order valence-corrected chi connectivity index (χ4v) is 10.2. The predicted octanol–water partition coefficient (Wildman–Crippen LogP) is 13.6. The first-order valence-electron chi connectivity index (χ1n) is 18.7. The van der Waals surface area contributed by atoms with Gasteiger partial charge in [0.15, 0.2) is 23.3 Å². The maximum atomic E-state index is 6.62. The summed E-state index contributed by atoms with van der Waals surface area (Å²) in [7, 11) is 0. The standard InChI is InChI=1S/C49H27N5OS2/c1-3-12-28(13-4-1)46-52-47(29-14-5-2-6-15-29)54-49(53-46)36-18-11-19-37-42(36)34-25-23-31(26-38(34)55-37)48-50-43(45-44(51-48)35-17-8-10-21-40(35)57-45)30-22-24-33-32-16-7-9-20-39(32)56-41(33)27-30/h1-27H. The van der Waals surface area contributed by atoms with Gasteiger partial charge in [-0.15, -0.1) is 22.7 Å². The van der Waals surface area contributed by atoms with Gasteiger partial charge in [-0.1, -0.05) is 127 Å². The molecule has 0 bridgehead atoms. The number of hydrogen-bond acceptors (Lipinski definition) is 8. The van der Waals surface area contributed by atoms with E-state index in [1.807, 2.05) is 84.1 Å². The molecule has 12 aromatic rings. The zero-order valence-electron chi connectivity index (χ0n) is 30.0. The normalized spacial score (nSPS) is 11.9. The molecule has 8 heteroatoms. The Balaban J connectivity index is 1.03. The quantitative estimate of drug-likeness (QED) is 0.174. The van der Waals surface area contributed by atoms with Gasteiger partial charge < -0.3 is 4.42 Å². The SMILES string of the molecule is c1ccc(-c2nc(-c3ccccc3)nc(-c3cccc4oc5cc(-c6nc(-c7ccc8c(c7)sc7ccccc78)c7sc8ccccc8c7n6)ccc5c34)n2)cc1. The Kier molecular flexibility index (Phi) is 7.17. The molecule has 5 aromatic heterocycles. The van der Waals surface area contributed by atoms with Gasteiger partial charge in [0.05, 0.1) is 15.9 Å². The molecule has 6 nitrogen and oxygen atoms in total. The number of furan rings is 1.